The summed E-state index contributed by atoms with van der Waals surface area (Å²) in [7, 11) is 1.62. The second-order valence-corrected chi connectivity index (χ2v) is 5.59. The summed E-state index contributed by atoms with van der Waals surface area (Å²) < 4.78 is 5.12. The number of amides is 1. The second kappa shape index (κ2) is 9.50. The number of unbranched alkanes of at least 4 members (excludes halogenated alkanes) is 1. The number of hydrazone groups is 1. The molecule has 0 atom stereocenters. The molecular weight excluding hydrogens is 300 g/mol. The van der Waals surface area contributed by atoms with Crippen molar-refractivity contribution < 1.29 is 9.53 Å². The van der Waals surface area contributed by atoms with E-state index >= 15 is 0 Å². The number of carbonyl (C=O) groups is 1. The summed E-state index contributed by atoms with van der Waals surface area (Å²) >= 11 is 0. The van der Waals surface area contributed by atoms with Crippen molar-refractivity contribution in [1.29, 1.82) is 0 Å². The number of carbonyl (C=O) groups excluding carboxylic acids is 1. The molecule has 0 fully saturated rings. The average molecular weight is 324 g/mol. The van der Waals surface area contributed by atoms with E-state index in [1.807, 2.05) is 54.6 Å². The Morgan fingerprint density at radius 1 is 1.08 bits per heavy atom. The van der Waals surface area contributed by atoms with Gasteiger partial charge in [-0.15, -0.1) is 0 Å². The van der Waals surface area contributed by atoms with Gasteiger partial charge < -0.3 is 4.74 Å². The predicted molar refractivity (Wildman–Crippen MR) is 97.3 cm³/mol. The molecule has 0 unspecified atom stereocenters. The molecule has 4 nitrogen and oxygen atoms in total. The molecule has 2 aromatic rings. The van der Waals surface area contributed by atoms with Crippen molar-refractivity contribution >= 4 is 11.6 Å². The molecule has 2 aromatic carbocycles. The number of nitrogens with one attached hydrogen (secondary N) is 1. The average Bonchev–Trinajstić information content (AvgIpc) is 2.63. The molecule has 0 aliphatic rings. The maximum Gasteiger partial charge on any atom is 0.244 e. The van der Waals surface area contributed by atoms with E-state index in [2.05, 4.69) is 17.5 Å². The third-order valence-electron chi connectivity index (χ3n) is 3.71. The summed E-state index contributed by atoms with van der Waals surface area (Å²) in [5.41, 5.74) is 5.58. The van der Waals surface area contributed by atoms with Gasteiger partial charge >= 0.3 is 0 Å². The van der Waals surface area contributed by atoms with Crippen molar-refractivity contribution in [1.82, 2.24) is 5.43 Å². The number of benzene rings is 2. The largest absolute Gasteiger partial charge is 0.497 e. The highest BCUT2D eigenvalue weighted by molar-refractivity contribution is 6.01. The number of methoxy groups -OCH3 is 1. The molecule has 0 saturated carbocycles. The molecule has 1 N–H and O–H groups in total. The molecule has 126 valence electrons. The van der Waals surface area contributed by atoms with E-state index in [1.165, 1.54) is 0 Å². The predicted octanol–water partition coefficient (Wildman–Crippen LogP) is 3.95. The first kappa shape index (κ1) is 17.7. The second-order valence-electron chi connectivity index (χ2n) is 5.59. The van der Waals surface area contributed by atoms with Gasteiger partial charge in [0.25, 0.3) is 0 Å². The van der Waals surface area contributed by atoms with Crippen LogP contribution in [0.1, 0.15) is 37.3 Å². The molecule has 0 bridgehead atoms. The lowest BCUT2D eigenvalue weighted by atomic mass is 10.1. The summed E-state index contributed by atoms with van der Waals surface area (Å²) in [5, 5.41) is 4.35. The number of rotatable bonds is 8. The Hall–Kier alpha value is -2.62. The van der Waals surface area contributed by atoms with Gasteiger partial charge in [0.1, 0.15) is 5.75 Å². The highest BCUT2D eigenvalue weighted by Crippen LogP contribution is 2.12. The molecule has 0 spiro atoms. The third kappa shape index (κ3) is 5.54. The lowest BCUT2D eigenvalue weighted by Crippen LogP contribution is -2.22. The molecule has 4 heteroatoms. The zero-order chi connectivity index (χ0) is 17.2. The van der Waals surface area contributed by atoms with Crippen molar-refractivity contribution in [2.75, 3.05) is 7.11 Å². The minimum Gasteiger partial charge on any atom is -0.497 e. The van der Waals surface area contributed by atoms with Crippen LogP contribution in [0.4, 0.5) is 0 Å². The lowest BCUT2D eigenvalue weighted by Gasteiger charge is -2.07. The van der Waals surface area contributed by atoms with Crippen LogP contribution >= 0.6 is 0 Å². The van der Waals surface area contributed by atoms with E-state index in [0.29, 0.717) is 6.42 Å². The summed E-state index contributed by atoms with van der Waals surface area (Å²) in [6.07, 6.45) is 3.28. The van der Waals surface area contributed by atoms with Crippen LogP contribution < -0.4 is 10.2 Å². The fraction of sp³-hybridized carbons (Fsp3) is 0.300. The molecule has 0 radical (unpaired) electrons. The van der Waals surface area contributed by atoms with Gasteiger partial charge in [-0.3, -0.25) is 4.79 Å². The van der Waals surface area contributed by atoms with Gasteiger partial charge in [-0.25, -0.2) is 5.43 Å². The zero-order valence-corrected chi connectivity index (χ0v) is 14.3. The van der Waals surface area contributed by atoms with Crippen molar-refractivity contribution in [3.8, 4) is 5.75 Å². The fourth-order valence-electron chi connectivity index (χ4n) is 2.34. The minimum atomic E-state index is -0.120. The van der Waals surface area contributed by atoms with E-state index in [4.69, 9.17) is 4.74 Å². The highest BCUT2D eigenvalue weighted by atomic mass is 16.5. The Labute approximate surface area is 143 Å². The Morgan fingerprint density at radius 3 is 2.42 bits per heavy atom. The Morgan fingerprint density at radius 2 is 1.79 bits per heavy atom. The Kier molecular flexibility index (Phi) is 7.02. The van der Waals surface area contributed by atoms with Crippen LogP contribution in [0.25, 0.3) is 0 Å². The first-order valence-electron chi connectivity index (χ1n) is 8.26. The van der Waals surface area contributed by atoms with Gasteiger partial charge in [0.2, 0.25) is 5.91 Å². The van der Waals surface area contributed by atoms with Gasteiger partial charge in [0, 0.05) is 0 Å². The molecule has 24 heavy (non-hydrogen) atoms. The van der Waals surface area contributed by atoms with Crippen molar-refractivity contribution in [2.45, 2.75) is 32.6 Å². The van der Waals surface area contributed by atoms with Crippen molar-refractivity contribution in [3.05, 3.63) is 65.7 Å². The summed E-state index contributed by atoms with van der Waals surface area (Å²) in [4.78, 5) is 12.1. The standard InChI is InChI=1S/C20H24N2O2/c1-3-4-10-19(17-8-6-5-7-9-17)21-22-20(23)15-16-11-13-18(24-2)14-12-16/h5-9,11-14H,3-4,10,15H2,1-2H3,(H,22,23)/b21-19+. The number of hydrogen-bond acceptors (Lipinski definition) is 3. The molecule has 0 aliphatic carbocycles. The third-order valence-corrected chi connectivity index (χ3v) is 3.71. The quantitative estimate of drug-likeness (QED) is 0.590. The van der Waals surface area contributed by atoms with E-state index in [-0.39, 0.29) is 5.91 Å². The zero-order valence-electron chi connectivity index (χ0n) is 14.3. The fourth-order valence-corrected chi connectivity index (χ4v) is 2.34. The summed E-state index contributed by atoms with van der Waals surface area (Å²) in [5.74, 6) is 0.660. The molecule has 2 rings (SSSR count). The minimum absolute atomic E-state index is 0.120. The van der Waals surface area contributed by atoms with E-state index in [0.717, 1.165) is 41.9 Å². The van der Waals surface area contributed by atoms with Crippen LogP contribution in [-0.4, -0.2) is 18.7 Å². The molecule has 0 aromatic heterocycles. The van der Waals surface area contributed by atoms with E-state index in [1.54, 1.807) is 7.11 Å². The number of nitrogens with zero attached hydrogens (tertiary/aromatic N) is 1. The Bertz CT molecular complexity index is 664. The number of hydrogen-bond donors (Lipinski definition) is 1. The molecule has 0 heterocycles. The molecule has 0 saturated heterocycles. The maximum absolute atomic E-state index is 12.1. The monoisotopic (exact) mass is 324 g/mol. The molecule has 0 aliphatic heterocycles. The SMILES string of the molecule is CCCC/C(=N\NC(=O)Cc1ccc(OC)cc1)c1ccccc1. The van der Waals surface area contributed by atoms with Crippen LogP contribution in [-0.2, 0) is 11.2 Å². The van der Waals surface area contributed by atoms with Crippen LogP contribution in [0.5, 0.6) is 5.75 Å². The topological polar surface area (TPSA) is 50.7 Å². The molecule has 1 amide bonds. The first-order valence-corrected chi connectivity index (χ1v) is 8.26. The first-order chi connectivity index (χ1) is 11.7. The van der Waals surface area contributed by atoms with Gasteiger partial charge in [0.05, 0.1) is 19.2 Å². The van der Waals surface area contributed by atoms with Gasteiger partial charge in [-0.1, -0.05) is 55.8 Å². The van der Waals surface area contributed by atoms with E-state index < -0.39 is 0 Å². The smallest absolute Gasteiger partial charge is 0.244 e. The van der Waals surface area contributed by atoms with E-state index in [9.17, 15) is 4.79 Å². The maximum atomic E-state index is 12.1. The normalized spacial score (nSPS) is 11.2. The van der Waals surface area contributed by atoms with Crippen LogP contribution in [0, 0.1) is 0 Å². The molecular formula is C20H24N2O2. The van der Waals surface area contributed by atoms with Crippen molar-refractivity contribution in [3.63, 3.8) is 0 Å². The Balaban J connectivity index is 2.00. The van der Waals surface area contributed by atoms with Crippen LogP contribution in [0.2, 0.25) is 0 Å². The highest BCUT2D eigenvalue weighted by Gasteiger charge is 2.06. The van der Waals surface area contributed by atoms with Gasteiger partial charge in [-0.05, 0) is 36.1 Å². The van der Waals surface area contributed by atoms with Gasteiger partial charge in [0.15, 0.2) is 0 Å². The van der Waals surface area contributed by atoms with Crippen LogP contribution in [0.15, 0.2) is 59.7 Å². The summed E-state index contributed by atoms with van der Waals surface area (Å²) in [6, 6.07) is 17.4. The van der Waals surface area contributed by atoms with Crippen molar-refractivity contribution in [2.24, 2.45) is 5.10 Å². The lowest BCUT2D eigenvalue weighted by molar-refractivity contribution is -0.120. The van der Waals surface area contributed by atoms with Crippen LogP contribution in [0.3, 0.4) is 0 Å². The summed E-state index contributed by atoms with van der Waals surface area (Å²) in [6.45, 7) is 2.14. The number of ether oxygens (including phenoxy) is 1. The van der Waals surface area contributed by atoms with Gasteiger partial charge in [-0.2, -0.15) is 5.10 Å².